The molecule has 6 heteroatoms. The van der Waals surface area contributed by atoms with Crippen molar-refractivity contribution in [2.75, 3.05) is 6.26 Å². The van der Waals surface area contributed by atoms with Gasteiger partial charge in [-0.1, -0.05) is 11.8 Å². The molecule has 0 fully saturated rings. The zero-order chi connectivity index (χ0) is 12.5. The number of thioether (sulfide) groups is 1. The third kappa shape index (κ3) is 1.95. The van der Waals surface area contributed by atoms with Crippen LogP contribution in [0.15, 0.2) is 35.9 Å². The van der Waals surface area contributed by atoms with Crippen molar-refractivity contribution in [3.05, 3.63) is 30.7 Å². The summed E-state index contributed by atoms with van der Waals surface area (Å²) in [5.41, 5.74) is 2.58. The van der Waals surface area contributed by atoms with E-state index in [9.17, 15) is 0 Å². The first-order valence-corrected chi connectivity index (χ1v) is 6.65. The minimum Gasteiger partial charge on any atom is -0.275 e. The van der Waals surface area contributed by atoms with Gasteiger partial charge in [0.2, 0.25) is 0 Å². The van der Waals surface area contributed by atoms with Crippen molar-refractivity contribution in [1.29, 1.82) is 0 Å². The maximum atomic E-state index is 4.55. The molecule has 0 bridgehead atoms. The van der Waals surface area contributed by atoms with Crippen LogP contribution in [0.4, 0.5) is 0 Å². The predicted octanol–water partition coefficient (Wildman–Crippen LogP) is 2.15. The topological polar surface area (TPSA) is 56.5 Å². The molecule has 18 heavy (non-hydrogen) atoms. The van der Waals surface area contributed by atoms with Crippen LogP contribution in [0.25, 0.3) is 22.3 Å². The lowest BCUT2D eigenvalue weighted by Gasteiger charge is -2.01. The van der Waals surface area contributed by atoms with Gasteiger partial charge in [-0.25, -0.2) is 15.0 Å². The standard InChI is InChI=1S/C12H11N5S/c1-17-7-9(6-14-17)10-4-3-8-5-13-12(18-2)16-11(8)15-10/h3-7H,1-2H3. The molecule has 3 aromatic heterocycles. The molecule has 3 rings (SSSR count). The monoisotopic (exact) mass is 257 g/mol. The fourth-order valence-corrected chi connectivity index (χ4v) is 2.04. The number of aromatic nitrogens is 5. The minimum absolute atomic E-state index is 0.718. The number of pyridine rings is 1. The van der Waals surface area contributed by atoms with E-state index in [0.29, 0.717) is 0 Å². The van der Waals surface area contributed by atoms with Crippen molar-refractivity contribution in [3.63, 3.8) is 0 Å². The maximum absolute atomic E-state index is 4.55. The Morgan fingerprint density at radius 1 is 1.17 bits per heavy atom. The molecular weight excluding hydrogens is 246 g/mol. The van der Waals surface area contributed by atoms with Gasteiger partial charge in [-0.2, -0.15) is 5.10 Å². The SMILES string of the molecule is CSc1ncc2ccc(-c3cnn(C)c3)nc2n1. The Morgan fingerprint density at radius 2 is 2.06 bits per heavy atom. The van der Waals surface area contributed by atoms with Crippen LogP contribution in [0, 0.1) is 0 Å². The van der Waals surface area contributed by atoms with Crippen LogP contribution < -0.4 is 0 Å². The molecule has 0 aliphatic carbocycles. The molecule has 0 amide bonds. The van der Waals surface area contributed by atoms with Gasteiger partial charge in [0.1, 0.15) is 0 Å². The van der Waals surface area contributed by atoms with E-state index >= 15 is 0 Å². The van der Waals surface area contributed by atoms with Gasteiger partial charge in [0.25, 0.3) is 0 Å². The van der Waals surface area contributed by atoms with Gasteiger partial charge in [-0.05, 0) is 18.4 Å². The zero-order valence-corrected chi connectivity index (χ0v) is 10.8. The molecule has 0 saturated carbocycles. The molecular formula is C12H11N5S. The normalized spacial score (nSPS) is 11.0. The summed E-state index contributed by atoms with van der Waals surface area (Å²) >= 11 is 1.51. The van der Waals surface area contributed by atoms with Crippen molar-refractivity contribution >= 4 is 22.8 Å². The molecule has 0 radical (unpaired) electrons. The highest BCUT2D eigenvalue weighted by atomic mass is 32.2. The van der Waals surface area contributed by atoms with Gasteiger partial charge in [0, 0.05) is 30.4 Å². The average Bonchev–Trinajstić information content (AvgIpc) is 2.84. The first kappa shape index (κ1) is 11.2. The molecule has 3 heterocycles. The summed E-state index contributed by atoms with van der Waals surface area (Å²) < 4.78 is 1.76. The van der Waals surface area contributed by atoms with Crippen molar-refractivity contribution < 1.29 is 0 Å². The number of aryl methyl sites for hydroxylation is 1. The predicted molar refractivity (Wildman–Crippen MR) is 71.3 cm³/mol. The average molecular weight is 257 g/mol. The van der Waals surface area contributed by atoms with E-state index < -0.39 is 0 Å². The quantitative estimate of drug-likeness (QED) is 0.520. The van der Waals surface area contributed by atoms with Crippen molar-refractivity contribution in [1.82, 2.24) is 24.7 Å². The first-order valence-electron chi connectivity index (χ1n) is 5.43. The molecule has 0 aliphatic heterocycles. The maximum Gasteiger partial charge on any atom is 0.189 e. The van der Waals surface area contributed by atoms with Crippen LogP contribution in [0.1, 0.15) is 0 Å². The summed E-state index contributed by atoms with van der Waals surface area (Å²) in [6.45, 7) is 0. The lowest BCUT2D eigenvalue weighted by atomic mass is 10.2. The summed E-state index contributed by atoms with van der Waals surface area (Å²) in [6.07, 6.45) is 7.48. The van der Waals surface area contributed by atoms with Crippen LogP contribution in [-0.4, -0.2) is 31.0 Å². The van der Waals surface area contributed by atoms with Crippen LogP contribution >= 0.6 is 11.8 Å². The Balaban J connectivity index is 2.14. The van der Waals surface area contributed by atoms with E-state index in [-0.39, 0.29) is 0 Å². The molecule has 90 valence electrons. The van der Waals surface area contributed by atoms with Gasteiger partial charge in [-0.3, -0.25) is 4.68 Å². The smallest absolute Gasteiger partial charge is 0.189 e. The molecule has 0 spiro atoms. The Labute approximate surface area is 108 Å². The minimum atomic E-state index is 0.718. The van der Waals surface area contributed by atoms with Crippen molar-refractivity contribution in [2.24, 2.45) is 7.05 Å². The molecule has 5 nitrogen and oxygen atoms in total. The zero-order valence-electron chi connectivity index (χ0n) is 10.0. The highest BCUT2D eigenvalue weighted by molar-refractivity contribution is 7.98. The summed E-state index contributed by atoms with van der Waals surface area (Å²) in [6, 6.07) is 3.94. The second kappa shape index (κ2) is 4.38. The number of hydrogen-bond acceptors (Lipinski definition) is 5. The molecule has 0 unspecified atom stereocenters. The molecule has 0 atom stereocenters. The van der Waals surface area contributed by atoms with E-state index in [4.69, 9.17) is 0 Å². The fourth-order valence-electron chi connectivity index (χ4n) is 1.71. The van der Waals surface area contributed by atoms with Crippen molar-refractivity contribution in [2.45, 2.75) is 5.16 Å². The van der Waals surface area contributed by atoms with E-state index in [1.165, 1.54) is 11.8 Å². The van der Waals surface area contributed by atoms with Gasteiger partial charge in [0.15, 0.2) is 10.8 Å². The Hall–Kier alpha value is -1.95. The fraction of sp³-hybridized carbons (Fsp3) is 0.167. The summed E-state index contributed by atoms with van der Waals surface area (Å²) in [5, 5.41) is 5.83. The van der Waals surface area contributed by atoms with E-state index in [1.807, 2.05) is 31.6 Å². The van der Waals surface area contributed by atoms with Gasteiger partial charge in [-0.15, -0.1) is 0 Å². The molecule has 0 aromatic carbocycles. The van der Waals surface area contributed by atoms with E-state index in [2.05, 4.69) is 20.1 Å². The number of nitrogens with zero attached hydrogens (tertiary/aromatic N) is 5. The molecule has 3 aromatic rings. The lowest BCUT2D eigenvalue weighted by Crippen LogP contribution is -1.91. The molecule has 0 N–H and O–H groups in total. The van der Waals surface area contributed by atoms with Crippen molar-refractivity contribution in [3.8, 4) is 11.3 Å². The highest BCUT2D eigenvalue weighted by Crippen LogP contribution is 2.20. The summed E-state index contributed by atoms with van der Waals surface area (Å²) in [4.78, 5) is 13.2. The van der Waals surface area contributed by atoms with Gasteiger partial charge in [0.05, 0.1) is 11.9 Å². The highest BCUT2D eigenvalue weighted by Gasteiger charge is 2.05. The van der Waals surface area contributed by atoms with Gasteiger partial charge >= 0.3 is 0 Å². The third-order valence-corrected chi connectivity index (χ3v) is 3.17. The van der Waals surface area contributed by atoms with Crippen LogP contribution in [0.2, 0.25) is 0 Å². The number of rotatable bonds is 2. The molecule has 0 aliphatic rings. The van der Waals surface area contributed by atoms with Gasteiger partial charge < -0.3 is 0 Å². The Bertz CT molecular complexity index is 707. The lowest BCUT2D eigenvalue weighted by molar-refractivity contribution is 0.768. The molecule has 0 saturated heterocycles. The largest absolute Gasteiger partial charge is 0.275 e. The second-order valence-electron chi connectivity index (χ2n) is 3.87. The van der Waals surface area contributed by atoms with Crippen LogP contribution in [-0.2, 0) is 7.05 Å². The summed E-state index contributed by atoms with van der Waals surface area (Å²) in [5.74, 6) is 0. The Kier molecular flexibility index (Phi) is 2.71. The van der Waals surface area contributed by atoms with Crippen LogP contribution in [0.3, 0.4) is 0 Å². The summed E-state index contributed by atoms with van der Waals surface area (Å²) in [7, 11) is 1.89. The van der Waals surface area contributed by atoms with E-state index in [0.717, 1.165) is 27.4 Å². The van der Waals surface area contributed by atoms with E-state index in [1.54, 1.807) is 17.1 Å². The number of hydrogen-bond donors (Lipinski definition) is 0. The first-order chi connectivity index (χ1) is 8.76. The Morgan fingerprint density at radius 3 is 2.78 bits per heavy atom. The number of fused-ring (bicyclic) bond motifs is 1. The second-order valence-corrected chi connectivity index (χ2v) is 4.64. The third-order valence-electron chi connectivity index (χ3n) is 2.60. The van der Waals surface area contributed by atoms with Crippen LogP contribution in [0.5, 0.6) is 0 Å².